The van der Waals surface area contributed by atoms with Crippen molar-refractivity contribution in [3.05, 3.63) is 48.2 Å². The number of ether oxygens (including phenoxy) is 1. The number of benzene rings is 1. The van der Waals surface area contributed by atoms with Crippen LogP contribution >= 0.6 is 0 Å². The summed E-state index contributed by atoms with van der Waals surface area (Å²) in [6.07, 6.45) is 7.72. The Hall–Kier alpha value is -2.97. The quantitative estimate of drug-likeness (QED) is 0.570. The van der Waals surface area contributed by atoms with Crippen molar-refractivity contribution in [2.45, 2.75) is 57.6 Å². The number of aliphatic hydroxyl groups is 1. The predicted octanol–water partition coefficient (Wildman–Crippen LogP) is 3.09. The van der Waals surface area contributed by atoms with Crippen LogP contribution in [0.3, 0.4) is 0 Å². The second kappa shape index (κ2) is 10.8. The molecular weight excluding hydrogens is 468 g/mol. The number of nitrogens with two attached hydrogens (primary N) is 1. The number of β-amino-alcohol motifs (C(OH)–C–C–N with tert-alkyl or cyclic N) is 1. The van der Waals surface area contributed by atoms with Crippen molar-refractivity contribution in [3.8, 4) is 17.0 Å². The summed E-state index contributed by atoms with van der Waals surface area (Å²) in [5, 5.41) is 9.88. The molecule has 1 aromatic heterocycles. The molecule has 8 heteroatoms. The largest absolute Gasteiger partial charge is 0.477 e. The van der Waals surface area contributed by atoms with Gasteiger partial charge in [0.15, 0.2) is 0 Å². The minimum Gasteiger partial charge on any atom is -0.477 e. The Kier molecular flexibility index (Phi) is 7.49. The van der Waals surface area contributed by atoms with Gasteiger partial charge in [-0.05, 0) is 73.9 Å². The third-order valence-corrected chi connectivity index (χ3v) is 8.41. The van der Waals surface area contributed by atoms with Crippen LogP contribution in [0.5, 0.6) is 5.88 Å². The summed E-state index contributed by atoms with van der Waals surface area (Å²) in [6.45, 7) is 6.81. The molecule has 1 aromatic carbocycles. The number of hydrogen-bond acceptors (Lipinski definition) is 6. The summed E-state index contributed by atoms with van der Waals surface area (Å²) >= 11 is 0. The molecule has 3 N–H and O–H groups in total. The highest BCUT2D eigenvalue weighted by Gasteiger charge is 2.38. The molecule has 37 heavy (non-hydrogen) atoms. The van der Waals surface area contributed by atoms with Crippen LogP contribution in [0.15, 0.2) is 42.6 Å². The molecular formula is C29H38N4O4. The highest BCUT2D eigenvalue weighted by Crippen LogP contribution is 2.41. The monoisotopic (exact) mass is 506 g/mol. The first kappa shape index (κ1) is 25.7. The number of nitrogens with zero attached hydrogens (tertiary/aromatic N) is 3. The van der Waals surface area contributed by atoms with E-state index >= 15 is 0 Å². The standard InChI is InChI=1S/C29H38N4O4/c1-29(11-2-12-29)19-32-13-9-20(10-14-32)18-37-26-8-7-23(16-31-26)21-3-5-22(6-4-21)28(36)33-17-24(34)15-25(33)27(30)35/h3-8,16,20,24-25,34H,2,9-15,17-19H2,1H3,(H2,30,35)/t24-,25+/m1/s1. The number of hydrogen-bond donors (Lipinski definition) is 2. The number of likely N-dealkylation sites (tertiary alicyclic amines) is 2. The molecule has 8 nitrogen and oxygen atoms in total. The van der Waals surface area contributed by atoms with Gasteiger partial charge in [0.25, 0.3) is 5.91 Å². The summed E-state index contributed by atoms with van der Waals surface area (Å²) in [5.41, 5.74) is 8.27. The van der Waals surface area contributed by atoms with Crippen molar-refractivity contribution in [1.29, 1.82) is 0 Å². The smallest absolute Gasteiger partial charge is 0.254 e. The van der Waals surface area contributed by atoms with Crippen LogP contribution in [-0.2, 0) is 4.79 Å². The van der Waals surface area contributed by atoms with Gasteiger partial charge in [0.2, 0.25) is 11.8 Å². The van der Waals surface area contributed by atoms with Gasteiger partial charge in [0, 0.05) is 42.9 Å². The van der Waals surface area contributed by atoms with E-state index in [0.717, 1.165) is 24.2 Å². The molecule has 5 rings (SSSR count). The first-order valence-electron chi connectivity index (χ1n) is 13.5. The lowest BCUT2D eigenvalue weighted by Gasteiger charge is -2.44. The third-order valence-electron chi connectivity index (χ3n) is 8.41. The molecule has 1 aliphatic carbocycles. The Balaban J connectivity index is 1.11. The average Bonchev–Trinajstić information content (AvgIpc) is 3.29. The fourth-order valence-corrected chi connectivity index (χ4v) is 5.91. The van der Waals surface area contributed by atoms with Crippen LogP contribution in [0, 0.1) is 11.3 Å². The van der Waals surface area contributed by atoms with E-state index in [4.69, 9.17) is 10.5 Å². The summed E-state index contributed by atoms with van der Waals surface area (Å²) < 4.78 is 6.01. The van der Waals surface area contributed by atoms with Gasteiger partial charge in [0.1, 0.15) is 6.04 Å². The van der Waals surface area contributed by atoms with Crippen LogP contribution in [0.4, 0.5) is 0 Å². The van der Waals surface area contributed by atoms with Gasteiger partial charge in [-0.1, -0.05) is 25.5 Å². The van der Waals surface area contributed by atoms with Crippen molar-refractivity contribution in [2.24, 2.45) is 17.1 Å². The van der Waals surface area contributed by atoms with Crippen molar-refractivity contribution in [3.63, 3.8) is 0 Å². The fraction of sp³-hybridized carbons (Fsp3) is 0.552. The molecule has 2 atom stereocenters. The number of carbonyl (C=O) groups excluding carboxylic acids is 2. The van der Waals surface area contributed by atoms with E-state index in [-0.39, 0.29) is 18.9 Å². The molecule has 3 fully saturated rings. The number of carbonyl (C=O) groups is 2. The minimum atomic E-state index is -0.776. The van der Waals surface area contributed by atoms with Crippen LogP contribution in [0.25, 0.3) is 11.1 Å². The SMILES string of the molecule is CC1(CN2CCC(COc3ccc(-c4ccc(C(=O)N5C[C@H](O)C[C@H]5C(N)=O)cc4)cn3)CC2)CCC1. The number of primary amides is 1. The number of aliphatic hydroxyl groups excluding tert-OH is 1. The van der Waals surface area contributed by atoms with Gasteiger partial charge < -0.3 is 25.4 Å². The summed E-state index contributed by atoms with van der Waals surface area (Å²) in [7, 11) is 0. The number of amides is 2. The lowest BCUT2D eigenvalue weighted by molar-refractivity contribution is -0.121. The van der Waals surface area contributed by atoms with E-state index in [9.17, 15) is 14.7 Å². The molecule has 2 aromatic rings. The van der Waals surface area contributed by atoms with Gasteiger partial charge in [-0.3, -0.25) is 9.59 Å². The topological polar surface area (TPSA) is 109 Å². The lowest BCUT2D eigenvalue weighted by atomic mass is 9.70. The summed E-state index contributed by atoms with van der Waals surface area (Å²) in [5.74, 6) is 0.295. The highest BCUT2D eigenvalue weighted by atomic mass is 16.5. The predicted molar refractivity (Wildman–Crippen MR) is 141 cm³/mol. The second-order valence-electron chi connectivity index (χ2n) is 11.4. The van der Waals surface area contributed by atoms with Crippen molar-refractivity contribution >= 4 is 11.8 Å². The van der Waals surface area contributed by atoms with Crippen LogP contribution in [0.1, 0.15) is 55.8 Å². The lowest BCUT2D eigenvalue weighted by Crippen LogP contribution is -2.44. The van der Waals surface area contributed by atoms with Gasteiger partial charge >= 0.3 is 0 Å². The second-order valence-corrected chi connectivity index (χ2v) is 11.4. The third kappa shape index (κ3) is 5.96. The van der Waals surface area contributed by atoms with E-state index < -0.39 is 18.1 Å². The number of piperidine rings is 1. The van der Waals surface area contributed by atoms with Gasteiger partial charge in [-0.25, -0.2) is 4.98 Å². The van der Waals surface area contributed by atoms with Crippen molar-refractivity contribution in [2.75, 3.05) is 32.8 Å². The molecule has 0 radical (unpaired) electrons. The molecule has 198 valence electrons. The maximum atomic E-state index is 12.9. The van der Waals surface area contributed by atoms with Crippen LogP contribution in [0.2, 0.25) is 0 Å². The zero-order chi connectivity index (χ0) is 26.0. The first-order chi connectivity index (χ1) is 17.8. The number of rotatable bonds is 8. The Morgan fingerprint density at radius 1 is 1.11 bits per heavy atom. The van der Waals surface area contributed by atoms with Gasteiger partial charge in [0.05, 0.1) is 12.7 Å². The summed E-state index contributed by atoms with van der Waals surface area (Å²) in [4.78, 5) is 33.0. The molecule has 0 unspecified atom stereocenters. The normalized spacial score (nSPS) is 24.0. The van der Waals surface area contributed by atoms with E-state index in [2.05, 4.69) is 16.8 Å². The maximum Gasteiger partial charge on any atom is 0.254 e. The number of pyridine rings is 1. The maximum absolute atomic E-state index is 12.9. The Bertz CT molecular complexity index is 1090. The molecule has 2 amide bonds. The minimum absolute atomic E-state index is 0.109. The van der Waals surface area contributed by atoms with E-state index in [1.54, 1.807) is 18.3 Å². The zero-order valence-electron chi connectivity index (χ0n) is 21.6. The fourth-order valence-electron chi connectivity index (χ4n) is 5.91. The van der Waals surface area contributed by atoms with Crippen LogP contribution < -0.4 is 10.5 Å². The van der Waals surface area contributed by atoms with E-state index in [0.29, 0.717) is 29.4 Å². The molecule has 2 saturated heterocycles. The Morgan fingerprint density at radius 2 is 1.81 bits per heavy atom. The molecule has 0 bridgehead atoms. The molecule has 0 spiro atoms. The van der Waals surface area contributed by atoms with E-state index in [1.165, 1.54) is 43.5 Å². The zero-order valence-corrected chi connectivity index (χ0v) is 21.6. The first-order valence-corrected chi connectivity index (χ1v) is 13.5. The molecule has 3 aliphatic rings. The van der Waals surface area contributed by atoms with Gasteiger partial charge in [-0.2, -0.15) is 0 Å². The molecule has 2 aliphatic heterocycles. The Morgan fingerprint density at radius 3 is 2.41 bits per heavy atom. The Labute approximate surface area is 218 Å². The summed E-state index contributed by atoms with van der Waals surface area (Å²) in [6, 6.07) is 10.3. The van der Waals surface area contributed by atoms with Crippen LogP contribution in [-0.4, -0.2) is 76.6 Å². The highest BCUT2D eigenvalue weighted by molar-refractivity contribution is 5.98. The van der Waals surface area contributed by atoms with Gasteiger partial charge in [-0.15, -0.1) is 0 Å². The van der Waals surface area contributed by atoms with E-state index in [1.807, 2.05) is 24.3 Å². The number of aromatic nitrogens is 1. The molecule has 1 saturated carbocycles. The average molecular weight is 507 g/mol. The van der Waals surface area contributed by atoms with Crippen molar-refractivity contribution < 1.29 is 19.4 Å². The molecule has 3 heterocycles. The van der Waals surface area contributed by atoms with Crippen molar-refractivity contribution in [1.82, 2.24) is 14.8 Å².